The van der Waals surface area contributed by atoms with E-state index in [0.29, 0.717) is 15.8 Å². The van der Waals surface area contributed by atoms with E-state index >= 15 is 24.0 Å². The first-order valence-electron chi connectivity index (χ1n) is 39.1. The van der Waals surface area contributed by atoms with E-state index in [-0.39, 0.29) is 83.6 Å². The van der Waals surface area contributed by atoms with Gasteiger partial charge in [0, 0.05) is 41.3 Å². The Labute approximate surface area is 724 Å². The molecule has 2 saturated heterocycles. The summed E-state index contributed by atoms with van der Waals surface area (Å²) in [6, 6.07) is 11.8. The molecule has 7 amide bonds. The fourth-order valence-electron chi connectivity index (χ4n) is 15.3. The molecule has 20 N–H and O–H groups in total. The fraction of sp³-hybridized carbons (Fsp3) is 0.405. The molecule has 7 aromatic carbocycles. The lowest BCUT2D eigenvalue weighted by atomic mass is 9.84. The minimum absolute atomic E-state index is 0.0544. The molecule has 658 valence electrons. The number of aliphatic carboxylic acids is 1. The molecule has 35 nitrogen and oxygen atoms in total. The SMILES string of the molecule is CN[C@H](CC(C)C)C(=O)N[C@H]1C(=O)N[C@@H](CC(N)=O)C(=O)N[C@H]2C(=O)N[C@H]3C(=O)N[C@H](C(=O)N[C@H](C(=O)O)c4cc(O)cc(O)c4-c4cc3ccc4O)[C@H](O)c3ccc(c(Cl)c3)Oc3cc2cc(c3OC2OC(C[N+](C)(C)CCO)C(O)C(O)C2OC2CC(C)(NCc3ccc(OCc4ccc(Cl)c(Cl)c4)cc3)C(O)C(C)O2)Oc2ccc(cc2Cl)[C@H]1O. The number of carbonyl (C=O) groups is 8. The van der Waals surface area contributed by atoms with Crippen LogP contribution in [0.25, 0.3) is 11.1 Å². The zero-order chi connectivity index (χ0) is 89.1. The van der Waals surface area contributed by atoms with Crippen LogP contribution in [0.5, 0.6) is 51.7 Å². The lowest BCUT2D eigenvalue weighted by Crippen LogP contribution is -2.66. The molecule has 18 atom stereocenters. The first kappa shape index (κ1) is 91.8. The highest BCUT2D eigenvalue weighted by atomic mass is 35.5. The predicted octanol–water partition coefficient (Wildman–Crippen LogP) is 4.90. The van der Waals surface area contributed by atoms with Crippen LogP contribution in [0.3, 0.4) is 0 Å². The Kier molecular flexibility index (Phi) is 28.6. The molecule has 7 aliphatic heterocycles. The Morgan fingerprint density at radius 1 is 0.667 bits per heavy atom. The van der Waals surface area contributed by atoms with Gasteiger partial charge >= 0.3 is 5.97 Å². The standard InChI is InChI=1S/C84H94Cl4N10O25/c1-36(2)22-52(90-5)76(109)96-67-69(104)41-12-18-56(50(87)25-41)119-58-27-43-28-59(73(58)123-83-74(72(107)71(106)60(121-83)34-98(6,7)20-21-99)122-62-32-84(4,75(108)37(3)118-62)91-33-38-8-14-45(15-9-38)117-35-39-10-16-48(85)49(86)23-39)120-57-19-13-42(26-51(57)88)70(105)68-81(114)95-66(82(115)116)47-29-44(100)30-55(102)63(47)46-24-40(11-17-54(46)101)64(78(111)97-68)94-79(112)65(43)93-77(110)53(31-61(89)103)92-80(67)113/h8-19,23-30,36-37,52-53,60,62,64-72,74-75,83,90-91,99,104-108H,20-22,31-35H2,1-7H3,(H11-,89,92,93,94,95,96,97,100,101,102,103,109,110,111,112,113,114,115,116)/p+1/t37?,52-,53+,60?,62?,64-,65-,66+,67-,68+,69-,70-,71?,72?,74?,75?,83?,84?/m1/s1. The van der Waals surface area contributed by atoms with E-state index in [1.54, 1.807) is 58.3 Å². The number of fused-ring (bicyclic) bond motifs is 15. The second kappa shape index (κ2) is 38.4. The van der Waals surface area contributed by atoms with Crippen LogP contribution in [-0.4, -0.2) is 223 Å². The van der Waals surface area contributed by atoms with E-state index in [1.807, 2.05) is 26.0 Å². The lowest BCUT2D eigenvalue weighted by Gasteiger charge is -2.49. The summed E-state index contributed by atoms with van der Waals surface area (Å²) in [4.78, 5) is 119. The van der Waals surface area contributed by atoms with Crippen LogP contribution in [0.1, 0.15) is 116 Å². The number of halogens is 4. The topological polar surface area (TPSA) is 526 Å². The summed E-state index contributed by atoms with van der Waals surface area (Å²) in [5, 5.41) is 139. The number of phenols is 3. The third kappa shape index (κ3) is 21.0. The molecular formula is C84H95Cl4N10O25+. The van der Waals surface area contributed by atoms with Gasteiger partial charge in [0.1, 0.15) is 115 Å². The van der Waals surface area contributed by atoms with Gasteiger partial charge in [-0.1, -0.05) is 96.6 Å². The van der Waals surface area contributed by atoms with Gasteiger partial charge in [-0.3, -0.25) is 33.6 Å². The second-order valence-corrected chi connectivity index (χ2v) is 33.7. The molecule has 123 heavy (non-hydrogen) atoms. The van der Waals surface area contributed by atoms with Crippen LogP contribution in [0.15, 0.2) is 121 Å². The maximum atomic E-state index is 16.3. The van der Waals surface area contributed by atoms with Gasteiger partial charge in [-0.15, -0.1) is 0 Å². The smallest absolute Gasteiger partial charge is 0.330 e. The number of rotatable bonds is 22. The van der Waals surface area contributed by atoms with Gasteiger partial charge in [0.05, 0.1) is 65.5 Å². The maximum Gasteiger partial charge on any atom is 0.330 e. The number of likely N-dealkylation sites (N-methyl/N-ethyl adjacent to an activating group) is 2. The molecule has 2 fully saturated rings. The Morgan fingerprint density at radius 3 is 1.91 bits per heavy atom. The minimum atomic E-state index is -2.37. The zero-order valence-electron chi connectivity index (χ0n) is 67.2. The van der Waals surface area contributed by atoms with Crippen molar-refractivity contribution in [2.24, 2.45) is 11.7 Å². The largest absolute Gasteiger partial charge is 0.508 e. The Morgan fingerprint density at radius 2 is 1.29 bits per heavy atom. The van der Waals surface area contributed by atoms with Crippen molar-refractivity contribution in [2.45, 2.75) is 169 Å². The van der Waals surface area contributed by atoms with Crippen LogP contribution in [-0.2, 0) is 65.7 Å². The number of primary amides is 1. The average Bonchev–Trinajstić information content (AvgIpc) is 0.762. The number of amides is 7. The molecule has 0 aliphatic carbocycles. The monoisotopic (exact) mass is 1780 g/mol. The summed E-state index contributed by atoms with van der Waals surface area (Å²) in [6.45, 7) is 6.85. The molecule has 11 bridgehead atoms. The number of carbonyl (C=O) groups excluding carboxylic acids is 7. The van der Waals surface area contributed by atoms with Crippen molar-refractivity contribution >= 4 is 93.7 Å². The number of nitrogens with two attached hydrogens (primary N) is 1. The minimum Gasteiger partial charge on any atom is -0.508 e. The number of aromatic hydroxyl groups is 3. The summed E-state index contributed by atoms with van der Waals surface area (Å²) in [6.07, 6.45) is -18.3. The molecule has 9 unspecified atom stereocenters. The number of nitrogens with one attached hydrogen (secondary N) is 8. The van der Waals surface area contributed by atoms with Crippen LogP contribution in [0.2, 0.25) is 20.1 Å². The number of aliphatic hydroxyl groups excluding tert-OH is 6. The highest BCUT2D eigenvalue weighted by Gasteiger charge is 2.53. The summed E-state index contributed by atoms with van der Waals surface area (Å²) < 4.78 is 46.6. The van der Waals surface area contributed by atoms with Crippen molar-refractivity contribution in [2.75, 3.05) is 40.8 Å². The van der Waals surface area contributed by atoms with Crippen LogP contribution < -0.4 is 67.2 Å². The molecule has 14 rings (SSSR count). The third-order valence-corrected chi connectivity index (χ3v) is 23.3. The Balaban J connectivity index is 1.04. The molecule has 0 aromatic heterocycles. The number of nitrogens with zero attached hydrogens (tertiary/aromatic N) is 1. The number of hydrogen-bond acceptors (Lipinski definition) is 26. The van der Waals surface area contributed by atoms with Gasteiger partial charge in [-0.25, -0.2) is 4.79 Å². The second-order valence-electron chi connectivity index (χ2n) is 32.0. The molecule has 0 radical (unpaired) electrons. The zero-order valence-corrected chi connectivity index (χ0v) is 70.3. The molecule has 0 saturated carbocycles. The van der Waals surface area contributed by atoms with Crippen molar-refractivity contribution in [1.29, 1.82) is 0 Å². The number of quaternary nitrogens is 1. The van der Waals surface area contributed by atoms with Gasteiger partial charge in [-0.2, -0.15) is 0 Å². The van der Waals surface area contributed by atoms with Gasteiger partial charge in [0.25, 0.3) is 0 Å². The lowest BCUT2D eigenvalue weighted by molar-refractivity contribution is -0.894. The number of benzene rings is 7. The van der Waals surface area contributed by atoms with Gasteiger partial charge in [0.15, 0.2) is 29.9 Å². The normalized spacial score (nSPS) is 26.4. The quantitative estimate of drug-likeness (QED) is 0.0401. The van der Waals surface area contributed by atoms with Crippen LogP contribution >= 0.6 is 46.4 Å². The molecule has 0 spiro atoms. The Hall–Kier alpha value is -10.4. The van der Waals surface area contributed by atoms with E-state index < -0.39 is 231 Å². The molecule has 39 heteroatoms. The van der Waals surface area contributed by atoms with Crippen molar-refractivity contribution in [3.8, 4) is 62.9 Å². The molecule has 7 aromatic rings. The Bertz CT molecular complexity index is 5170. The average molecular weight is 1790 g/mol. The first-order chi connectivity index (χ1) is 58.2. The van der Waals surface area contributed by atoms with E-state index in [2.05, 4.69) is 42.5 Å². The van der Waals surface area contributed by atoms with Gasteiger partial charge in [-0.05, 0) is 145 Å². The van der Waals surface area contributed by atoms with Crippen LogP contribution in [0, 0.1) is 5.92 Å². The van der Waals surface area contributed by atoms with E-state index in [0.717, 1.165) is 77.9 Å². The number of hydrogen-bond donors (Lipinski definition) is 19. The van der Waals surface area contributed by atoms with Gasteiger partial charge in [0.2, 0.25) is 53.4 Å². The number of phenolic OH excluding ortho intramolecular Hbond substituents is 3. The summed E-state index contributed by atoms with van der Waals surface area (Å²) in [5.74, 6) is -15.4. The van der Waals surface area contributed by atoms with Gasteiger partial charge < -0.3 is 137 Å². The fourth-order valence-corrected chi connectivity index (χ4v) is 16.1. The summed E-state index contributed by atoms with van der Waals surface area (Å²) >= 11 is 26.8. The number of carboxylic acid groups (broad SMARTS) is 1. The van der Waals surface area contributed by atoms with Crippen molar-refractivity contribution in [3.05, 3.63) is 180 Å². The summed E-state index contributed by atoms with van der Waals surface area (Å²) in [7, 11) is 4.88. The molecule has 7 heterocycles. The third-order valence-electron chi connectivity index (χ3n) is 21.9. The number of aliphatic hydroxyl groups is 6. The van der Waals surface area contributed by atoms with Crippen LogP contribution in [0.4, 0.5) is 0 Å². The summed E-state index contributed by atoms with van der Waals surface area (Å²) in [5.41, 5.74) is 3.23. The van der Waals surface area contributed by atoms with Crippen molar-refractivity contribution in [3.63, 3.8) is 0 Å². The maximum absolute atomic E-state index is 16.3. The predicted molar refractivity (Wildman–Crippen MR) is 441 cm³/mol. The molecular weight excluding hydrogens is 1690 g/mol. The van der Waals surface area contributed by atoms with Crippen molar-refractivity contribution in [1.82, 2.24) is 42.5 Å². The van der Waals surface area contributed by atoms with E-state index in [9.17, 15) is 65.4 Å². The highest BCUT2D eigenvalue weighted by molar-refractivity contribution is 6.42. The first-order valence-corrected chi connectivity index (χ1v) is 40.6. The van der Waals surface area contributed by atoms with E-state index in [1.165, 1.54) is 19.2 Å². The molecule has 7 aliphatic rings. The van der Waals surface area contributed by atoms with Crippen molar-refractivity contribution < 1.29 is 127 Å². The number of ether oxygens (including phenoxy) is 7. The highest BCUT2D eigenvalue weighted by Crippen LogP contribution is 2.50. The number of carboxylic acids is 1. The van der Waals surface area contributed by atoms with E-state index in [4.69, 9.17) is 85.3 Å².